The van der Waals surface area contributed by atoms with Crippen LogP contribution in [0.15, 0.2) is 11.1 Å². The number of rotatable bonds is 5. The summed E-state index contributed by atoms with van der Waals surface area (Å²) < 4.78 is 8.37. The van der Waals surface area contributed by atoms with E-state index in [9.17, 15) is 19.2 Å². The van der Waals surface area contributed by atoms with E-state index in [0.717, 1.165) is 7.11 Å². The van der Waals surface area contributed by atoms with E-state index in [1.807, 2.05) is 0 Å². The van der Waals surface area contributed by atoms with Crippen LogP contribution in [0, 0.1) is 0 Å². The van der Waals surface area contributed by atoms with E-state index in [0.29, 0.717) is 0 Å². The molecule has 9 nitrogen and oxygen atoms in total. The first-order valence-electron chi connectivity index (χ1n) is 5.55. The SMILES string of the molecule is C/C(C(=O)O)=C(/C)C(=O)O.COC(=O)CC(O)C(=O)OC. The summed E-state index contributed by atoms with van der Waals surface area (Å²) in [6.45, 7) is 2.51. The first-order chi connectivity index (χ1) is 9.58. The molecular formula is C12H18O9. The fourth-order valence-electron chi connectivity index (χ4n) is 0.781. The minimum Gasteiger partial charge on any atom is -0.478 e. The van der Waals surface area contributed by atoms with Gasteiger partial charge in [0.05, 0.1) is 20.6 Å². The second-order valence-corrected chi connectivity index (χ2v) is 3.68. The summed E-state index contributed by atoms with van der Waals surface area (Å²) in [6, 6.07) is 0. The van der Waals surface area contributed by atoms with Crippen LogP contribution in [0.4, 0.5) is 0 Å². The highest BCUT2D eigenvalue weighted by atomic mass is 16.5. The smallest absolute Gasteiger partial charge is 0.335 e. The van der Waals surface area contributed by atoms with Crippen LogP contribution in [0.3, 0.4) is 0 Å². The maximum Gasteiger partial charge on any atom is 0.335 e. The van der Waals surface area contributed by atoms with Crippen molar-refractivity contribution in [1.82, 2.24) is 0 Å². The molecule has 21 heavy (non-hydrogen) atoms. The number of carbonyl (C=O) groups is 4. The number of aliphatic hydroxyl groups is 1. The number of carboxylic acid groups (broad SMARTS) is 2. The number of aliphatic hydroxyl groups excluding tert-OH is 1. The number of hydrogen-bond acceptors (Lipinski definition) is 7. The van der Waals surface area contributed by atoms with Crippen molar-refractivity contribution in [3.05, 3.63) is 11.1 Å². The Kier molecular flexibility index (Phi) is 10.3. The van der Waals surface area contributed by atoms with Crippen LogP contribution in [-0.4, -0.2) is 59.5 Å². The lowest BCUT2D eigenvalue weighted by Gasteiger charge is -2.05. The molecule has 0 aliphatic carbocycles. The van der Waals surface area contributed by atoms with Gasteiger partial charge in [-0.3, -0.25) is 4.79 Å². The Hall–Kier alpha value is -2.42. The molecular weight excluding hydrogens is 288 g/mol. The van der Waals surface area contributed by atoms with E-state index in [-0.39, 0.29) is 17.6 Å². The lowest BCUT2D eigenvalue weighted by atomic mass is 10.1. The number of hydrogen-bond donors (Lipinski definition) is 3. The van der Waals surface area contributed by atoms with E-state index in [4.69, 9.17) is 15.3 Å². The maximum atomic E-state index is 10.5. The molecule has 0 aromatic carbocycles. The average molecular weight is 306 g/mol. The zero-order chi connectivity index (χ0) is 17.2. The molecule has 0 saturated carbocycles. The van der Waals surface area contributed by atoms with E-state index in [2.05, 4.69) is 9.47 Å². The zero-order valence-electron chi connectivity index (χ0n) is 12.1. The lowest BCUT2D eigenvalue weighted by molar-refractivity contribution is -0.156. The summed E-state index contributed by atoms with van der Waals surface area (Å²) in [5, 5.41) is 25.4. The molecule has 0 amide bonds. The molecule has 0 radical (unpaired) electrons. The van der Waals surface area contributed by atoms with E-state index < -0.39 is 30.0 Å². The third-order valence-electron chi connectivity index (χ3n) is 2.27. The van der Waals surface area contributed by atoms with Gasteiger partial charge in [-0.2, -0.15) is 0 Å². The third-order valence-corrected chi connectivity index (χ3v) is 2.27. The molecule has 1 unspecified atom stereocenters. The predicted octanol–water partition coefficient (Wildman–Crippen LogP) is -0.425. The molecule has 3 N–H and O–H groups in total. The molecule has 0 saturated heterocycles. The van der Waals surface area contributed by atoms with E-state index >= 15 is 0 Å². The number of carbonyl (C=O) groups excluding carboxylic acids is 2. The Balaban J connectivity index is 0. The number of esters is 2. The van der Waals surface area contributed by atoms with Crippen molar-refractivity contribution in [1.29, 1.82) is 0 Å². The van der Waals surface area contributed by atoms with Gasteiger partial charge in [-0.1, -0.05) is 0 Å². The summed E-state index contributed by atoms with van der Waals surface area (Å²) in [6.07, 6.45) is -1.80. The van der Waals surface area contributed by atoms with Gasteiger partial charge in [-0.25, -0.2) is 14.4 Å². The van der Waals surface area contributed by atoms with Gasteiger partial charge in [0.25, 0.3) is 0 Å². The van der Waals surface area contributed by atoms with Gasteiger partial charge in [0, 0.05) is 11.1 Å². The first kappa shape index (κ1) is 20.9. The Labute approximate surface area is 120 Å². The fourth-order valence-corrected chi connectivity index (χ4v) is 0.781. The monoisotopic (exact) mass is 306 g/mol. The summed E-state index contributed by atoms with van der Waals surface area (Å²) in [5.74, 6) is -3.88. The molecule has 0 aliphatic rings. The summed E-state index contributed by atoms with van der Waals surface area (Å²) >= 11 is 0. The van der Waals surface area contributed by atoms with Gasteiger partial charge < -0.3 is 24.8 Å². The van der Waals surface area contributed by atoms with Crippen molar-refractivity contribution >= 4 is 23.9 Å². The molecule has 120 valence electrons. The molecule has 0 rings (SSSR count). The number of methoxy groups -OCH3 is 2. The number of carboxylic acids is 2. The minimum atomic E-state index is -1.42. The third kappa shape index (κ3) is 9.16. The molecule has 1 atom stereocenters. The largest absolute Gasteiger partial charge is 0.478 e. The quantitative estimate of drug-likeness (QED) is 0.454. The summed E-state index contributed by atoms with van der Waals surface area (Å²) in [5.41, 5.74) is -0.264. The van der Waals surface area contributed by atoms with Gasteiger partial charge in [0.1, 0.15) is 0 Å². The normalized spacial score (nSPS) is 12.0. The second kappa shape index (κ2) is 10.4. The van der Waals surface area contributed by atoms with Crippen molar-refractivity contribution in [2.24, 2.45) is 0 Å². The molecule has 0 heterocycles. The predicted molar refractivity (Wildman–Crippen MR) is 68.3 cm³/mol. The first-order valence-corrected chi connectivity index (χ1v) is 5.55. The van der Waals surface area contributed by atoms with Gasteiger partial charge in [0.2, 0.25) is 0 Å². The van der Waals surface area contributed by atoms with Crippen molar-refractivity contribution in [3.63, 3.8) is 0 Å². The van der Waals surface area contributed by atoms with Crippen LogP contribution < -0.4 is 0 Å². The number of ether oxygens (including phenoxy) is 2. The molecule has 0 aromatic heterocycles. The van der Waals surface area contributed by atoms with Gasteiger partial charge in [-0.15, -0.1) is 0 Å². The minimum absolute atomic E-state index is 0.132. The standard InChI is InChI=1S/C6H10O5.C6H8O4/c1-10-5(8)3-4(7)6(9)11-2;1-3(5(7)8)4(2)6(9)10/h4,7H,3H2,1-2H3;1-2H3,(H,7,8)(H,9,10)/b;4-3+. The van der Waals surface area contributed by atoms with Gasteiger partial charge >= 0.3 is 23.9 Å². The van der Waals surface area contributed by atoms with Crippen molar-refractivity contribution in [2.75, 3.05) is 14.2 Å². The van der Waals surface area contributed by atoms with Crippen LogP contribution in [0.25, 0.3) is 0 Å². The molecule has 0 fully saturated rings. The maximum absolute atomic E-state index is 10.5. The summed E-state index contributed by atoms with van der Waals surface area (Å²) in [4.78, 5) is 41.2. The van der Waals surface area contributed by atoms with Crippen LogP contribution in [-0.2, 0) is 28.7 Å². The van der Waals surface area contributed by atoms with E-state index in [1.165, 1.54) is 21.0 Å². The average Bonchev–Trinajstić information content (AvgIpc) is 2.44. The zero-order valence-corrected chi connectivity index (χ0v) is 12.1. The Morgan fingerprint density at radius 3 is 1.52 bits per heavy atom. The van der Waals surface area contributed by atoms with Gasteiger partial charge in [0.15, 0.2) is 6.10 Å². The highest BCUT2D eigenvalue weighted by Crippen LogP contribution is 2.02. The van der Waals surface area contributed by atoms with E-state index in [1.54, 1.807) is 0 Å². The topological polar surface area (TPSA) is 147 Å². The molecule has 0 bridgehead atoms. The Bertz CT molecular complexity index is 414. The molecule has 9 heteroatoms. The van der Waals surface area contributed by atoms with Crippen LogP contribution in [0.2, 0.25) is 0 Å². The second-order valence-electron chi connectivity index (χ2n) is 3.68. The molecule has 0 spiro atoms. The van der Waals surface area contributed by atoms with Crippen molar-refractivity contribution < 1.29 is 44.0 Å². The highest BCUT2D eigenvalue weighted by Gasteiger charge is 2.19. The highest BCUT2D eigenvalue weighted by molar-refractivity contribution is 5.97. The Morgan fingerprint density at radius 2 is 1.29 bits per heavy atom. The molecule has 0 aromatic rings. The van der Waals surface area contributed by atoms with Crippen LogP contribution in [0.1, 0.15) is 20.3 Å². The van der Waals surface area contributed by atoms with Crippen LogP contribution in [0.5, 0.6) is 0 Å². The number of aliphatic carboxylic acids is 2. The van der Waals surface area contributed by atoms with Crippen molar-refractivity contribution in [2.45, 2.75) is 26.4 Å². The van der Waals surface area contributed by atoms with Crippen molar-refractivity contribution in [3.8, 4) is 0 Å². The molecule has 0 aliphatic heterocycles. The van der Waals surface area contributed by atoms with Crippen LogP contribution >= 0.6 is 0 Å². The summed E-state index contributed by atoms with van der Waals surface area (Å²) in [7, 11) is 2.30. The fraction of sp³-hybridized carbons (Fsp3) is 0.500. The van der Waals surface area contributed by atoms with Gasteiger partial charge in [-0.05, 0) is 13.8 Å². The lowest BCUT2D eigenvalue weighted by Crippen LogP contribution is -2.25. The Morgan fingerprint density at radius 1 is 0.905 bits per heavy atom.